The first kappa shape index (κ1) is 14.3. The summed E-state index contributed by atoms with van der Waals surface area (Å²) in [6.07, 6.45) is 3.58. The molecule has 1 aromatic heterocycles. The Bertz CT molecular complexity index is 652. The average molecular weight is 295 g/mol. The Labute approximate surface area is 121 Å². The molecule has 1 N–H and O–H groups in total. The Morgan fingerprint density at radius 3 is 2.70 bits per heavy atom. The molecule has 0 bridgehead atoms. The van der Waals surface area contributed by atoms with Crippen LogP contribution in [0.5, 0.6) is 0 Å². The summed E-state index contributed by atoms with van der Waals surface area (Å²) in [5.74, 6) is 0. The second-order valence-electron chi connectivity index (χ2n) is 4.80. The van der Waals surface area contributed by atoms with Crippen molar-refractivity contribution < 1.29 is 4.92 Å². The van der Waals surface area contributed by atoms with E-state index in [4.69, 9.17) is 11.6 Å². The van der Waals surface area contributed by atoms with Gasteiger partial charge in [-0.3, -0.25) is 14.8 Å². The smallest absolute Gasteiger partial charge is 0.288 e. The van der Waals surface area contributed by atoms with E-state index >= 15 is 0 Å². The van der Waals surface area contributed by atoms with E-state index in [0.717, 1.165) is 16.9 Å². The lowest BCUT2D eigenvalue weighted by molar-refractivity contribution is -0.384. The van der Waals surface area contributed by atoms with Gasteiger partial charge in [0, 0.05) is 24.0 Å². The van der Waals surface area contributed by atoms with Gasteiger partial charge in [0.1, 0.15) is 5.02 Å². The highest BCUT2D eigenvalue weighted by Gasteiger charge is 2.15. The maximum Gasteiger partial charge on any atom is 0.288 e. The first-order valence-corrected chi connectivity index (χ1v) is 6.52. The fourth-order valence-corrected chi connectivity index (χ4v) is 2.01. The van der Waals surface area contributed by atoms with Gasteiger partial charge in [-0.15, -0.1) is 0 Å². The van der Waals surface area contributed by atoms with Crippen molar-refractivity contribution in [2.75, 3.05) is 5.32 Å². The number of nitro benzene ring substituents is 1. The minimum Gasteiger partial charge on any atom is -0.353 e. The van der Waals surface area contributed by atoms with E-state index in [1.165, 1.54) is 6.07 Å². The topological polar surface area (TPSA) is 73.0 Å². The van der Waals surface area contributed by atoms with Crippen LogP contribution in [-0.2, 0) is 0 Å². The van der Waals surface area contributed by atoms with Gasteiger partial charge in [0.2, 0.25) is 0 Å². The molecule has 0 saturated heterocycles. The summed E-state index contributed by atoms with van der Waals surface area (Å²) in [6, 6.07) is 3.28. The first-order valence-electron chi connectivity index (χ1n) is 6.14. The van der Waals surface area contributed by atoms with Crippen molar-refractivity contribution >= 4 is 28.7 Å². The number of benzene rings is 1. The molecule has 7 heteroatoms. The van der Waals surface area contributed by atoms with Crippen LogP contribution in [-0.4, -0.2) is 14.7 Å². The summed E-state index contributed by atoms with van der Waals surface area (Å²) >= 11 is 5.92. The Kier molecular flexibility index (Phi) is 3.94. The molecule has 0 radical (unpaired) electrons. The van der Waals surface area contributed by atoms with Gasteiger partial charge in [-0.25, -0.2) is 0 Å². The van der Waals surface area contributed by atoms with Gasteiger partial charge in [0.05, 0.1) is 16.8 Å². The van der Waals surface area contributed by atoms with Crippen molar-refractivity contribution in [2.24, 2.45) is 0 Å². The van der Waals surface area contributed by atoms with Gasteiger partial charge in [-0.1, -0.05) is 11.6 Å². The monoisotopic (exact) mass is 294 g/mol. The molecule has 0 fully saturated rings. The highest BCUT2D eigenvalue weighted by atomic mass is 35.5. The minimum atomic E-state index is -0.490. The molecule has 20 heavy (non-hydrogen) atoms. The lowest BCUT2D eigenvalue weighted by Gasteiger charge is -2.08. The largest absolute Gasteiger partial charge is 0.353 e. The molecule has 6 nitrogen and oxygen atoms in total. The molecule has 106 valence electrons. The number of nitro groups is 1. The van der Waals surface area contributed by atoms with Crippen molar-refractivity contribution in [3.05, 3.63) is 45.2 Å². The fourth-order valence-electron chi connectivity index (χ4n) is 1.78. The highest BCUT2D eigenvalue weighted by molar-refractivity contribution is 6.33. The second kappa shape index (κ2) is 5.50. The third-order valence-corrected chi connectivity index (χ3v) is 3.20. The minimum absolute atomic E-state index is 0.0902. The predicted octanol–water partition coefficient (Wildman–Crippen LogP) is 4.08. The van der Waals surface area contributed by atoms with Gasteiger partial charge < -0.3 is 5.32 Å². The normalized spacial score (nSPS) is 10.8. The Morgan fingerprint density at radius 1 is 1.45 bits per heavy atom. The summed E-state index contributed by atoms with van der Waals surface area (Å²) in [4.78, 5) is 10.3. The van der Waals surface area contributed by atoms with E-state index in [0.29, 0.717) is 0 Å². The van der Waals surface area contributed by atoms with Gasteiger partial charge >= 0.3 is 0 Å². The van der Waals surface area contributed by atoms with Crippen LogP contribution in [0, 0.1) is 17.0 Å². The van der Waals surface area contributed by atoms with Crippen molar-refractivity contribution in [1.29, 1.82) is 0 Å². The molecule has 2 rings (SSSR count). The van der Waals surface area contributed by atoms with Crippen LogP contribution in [0.1, 0.15) is 25.5 Å². The standard InChI is InChI=1S/C13H15ClN4O2/c1-8(2)17-7-10(6-15-17)16-12-5-11(14)13(18(19)20)4-9(12)3/h4-8,16H,1-3H3. The second-order valence-corrected chi connectivity index (χ2v) is 5.21. The molecule has 0 aliphatic rings. The van der Waals surface area contributed by atoms with Crippen LogP contribution in [0.4, 0.5) is 17.1 Å². The Balaban J connectivity index is 2.29. The number of aryl methyl sites for hydroxylation is 1. The third kappa shape index (κ3) is 2.91. The zero-order chi connectivity index (χ0) is 14.9. The van der Waals surface area contributed by atoms with Crippen LogP contribution < -0.4 is 5.32 Å². The zero-order valence-corrected chi connectivity index (χ0v) is 12.2. The number of anilines is 2. The van der Waals surface area contributed by atoms with Crippen molar-refractivity contribution in [3.63, 3.8) is 0 Å². The molecule has 1 heterocycles. The molecule has 1 aromatic carbocycles. The van der Waals surface area contributed by atoms with Crippen LogP contribution in [0.2, 0.25) is 5.02 Å². The molecular formula is C13H15ClN4O2. The molecular weight excluding hydrogens is 280 g/mol. The lowest BCUT2D eigenvalue weighted by atomic mass is 10.1. The van der Waals surface area contributed by atoms with Crippen LogP contribution in [0.3, 0.4) is 0 Å². The van der Waals surface area contributed by atoms with Crippen LogP contribution >= 0.6 is 11.6 Å². The summed E-state index contributed by atoms with van der Waals surface area (Å²) in [5, 5.41) is 18.3. The predicted molar refractivity (Wildman–Crippen MR) is 78.7 cm³/mol. The van der Waals surface area contributed by atoms with Crippen molar-refractivity contribution in [2.45, 2.75) is 26.8 Å². The van der Waals surface area contributed by atoms with Gasteiger partial charge in [-0.2, -0.15) is 5.10 Å². The van der Waals surface area contributed by atoms with Crippen molar-refractivity contribution in [1.82, 2.24) is 9.78 Å². The molecule has 0 aliphatic carbocycles. The van der Waals surface area contributed by atoms with Crippen LogP contribution in [0.25, 0.3) is 0 Å². The van der Waals surface area contributed by atoms with Gasteiger partial charge in [0.25, 0.3) is 5.69 Å². The zero-order valence-electron chi connectivity index (χ0n) is 11.4. The van der Waals surface area contributed by atoms with Crippen LogP contribution in [0.15, 0.2) is 24.5 Å². The number of halogens is 1. The van der Waals surface area contributed by atoms with Gasteiger partial charge in [-0.05, 0) is 32.4 Å². The molecule has 0 saturated carbocycles. The maximum absolute atomic E-state index is 10.8. The molecule has 0 atom stereocenters. The molecule has 0 aliphatic heterocycles. The SMILES string of the molecule is Cc1cc([N+](=O)[O-])c(Cl)cc1Nc1cnn(C(C)C)c1. The van der Waals surface area contributed by atoms with E-state index in [1.807, 2.05) is 24.7 Å². The first-order chi connectivity index (χ1) is 9.38. The fraction of sp³-hybridized carbons (Fsp3) is 0.308. The summed E-state index contributed by atoms with van der Waals surface area (Å²) in [6.45, 7) is 5.86. The number of aromatic nitrogens is 2. The summed E-state index contributed by atoms with van der Waals surface area (Å²) in [5.41, 5.74) is 2.20. The average Bonchev–Trinajstić information content (AvgIpc) is 2.81. The number of hydrogen-bond donors (Lipinski definition) is 1. The van der Waals surface area contributed by atoms with Crippen molar-refractivity contribution in [3.8, 4) is 0 Å². The van der Waals surface area contributed by atoms with E-state index in [-0.39, 0.29) is 16.8 Å². The Morgan fingerprint density at radius 2 is 2.15 bits per heavy atom. The lowest BCUT2D eigenvalue weighted by Crippen LogP contribution is -2.00. The number of nitrogens with one attached hydrogen (secondary N) is 1. The number of hydrogen-bond acceptors (Lipinski definition) is 4. The molecule has 2 aromatic rings. The quantitative estimate of drug-likeness (QED) is 0.681. The van der Waals surface area contributed by atoms with E-state index in [9.17, 15) is 10.1 Å². The number of nitrogens with zero attached hydrogens (tertiary/aromatic N) is 3. The van der Waals surface area contributed by atoms with E-state index in [2.05, 4.69) is 10.4 Å². The molecule has 0 amide bonds. The maximum atomic E-state index is 10.8. The van der Waals surface area contributed by atoms with E-state index in [1.54, 1.807) is 19.2 Å². The van der Waals surface area contributed by atoms with E-state index < -0.39 is 4.92 Å². The molecule has 0 unspecified atom stereocenters. The Hall–Kier alpha value is -2.08. The van der Waals surface area contributed by atoms with Gasteiger partial charge in [0.15, 0.2) is 0 Å². The molecule has 0 spiro atoms. The number of rotatable bonds is 4. The summed E-state index contributed by atoms with van der Waals surface area (Å²) < 4.78 is 1.82. The summed E-state index contributed by atoms with van der Waals surface area (Å²) in [7, 11) is 0. The highest BCUT2D eigenvalue weighted by Crippen LogP contribution is 2.32. The third-order valence-electron chi connectivity index (χ3n) is 2.90.